The maximum atomic E-state index is 6.49. The lowest BCUT2D eigenvalue weighted by atomic mass is 10.0. The van der Waals surface area contributed by atoms with Crippen LogP contribution >= 0.6 is 38.9 Å². The lowest BCUT2D eigenvalue weighted by Crippen LogP contribution is -1.91. The van der Waals surface area contributed by atoms with Gasteiger partial charge in [0.1, 0.15) is 0 Å². The molecule has 0 fully saturated rings. The zero-order valence-electron chi connectivity index (χ0n) is 10.3. The van der Waals surface area contributed by atoms with E-state index in [1.807, 2.05) is 6.07 Å². The molecule has 0 amide bonds. The molecule has 1 unspecified atom stereocenters. The fourth-order valence-corrected chi connectivity index (χ4v) is 3.64. The van der Waals surface area contributed by atoms with Gasteiger partial charge >= 0.3 is 0 Å². The van der Waals surface area contributed by atoms with Gasteiger partial charge in [-0.05, 0) is 52.0 Å². The van der Waals surface area contributed by atoms with E-state index in [9.17, 15) is 0 Å². The van der Waals surface area contributed by atoms with E-state index in [0.29, 0.717) is 0 Å². The smallest absolute Gasteiger partial charge is 0.0928 e. The quantitative estimate of drug-likeness (QED) is 0.568. The van der Waals surface area contributed by atoms with Gasteiger partial charge in [0.05, 0.1) is 9.16 Å². The van der Waals surface area contributed by atoms with Crippen molar-refractivity contribution in [2.45, 2.75) is 31.6 Å². The number of unbranched alkanes of at least 4 members (excludes halogenated alkanes) is 1. The highest BCUT2D eigenvalue weighted by Gasteiger charge is 2.12. The molecule has 3 heteroatoms. The van der Waals surface area contributed by atoms with Crippen molar-refractivity contribution >= 4 is 38.9 Å². The van der Waals surface area contributed by atoms with Crippen LogP contribution in [0.5, 0.6) is 0 Å². The summed E-state index contributed by atoms with van der Waals surface area (Å²) in [6.45, 7) is 2.22. The highest BCUT2D eigenvalue weighted by Crippen LogP contribution is 2.35. The zero-order valence-corrected chi connectivity index (χ0v) is 13.5. The van der Waals surface area contributed by atoms with Crippen LogP contribution in [0.15, 0.2) is 40.2 Å². The van der Waals surface area contributed by atoms with Crippen molar-refractivity contribution in [2.75, 3.05) is 0 Å². The Bertz CT molecular complexity index is 489. The second kappa shape index (κ2) is 6.74. The van der Waals surface area contributed by atoms with E-state index in [0.717, 1.165) is 10.2 Å². The number of rotatable bonds is 5. The molecule has 0 radical (unpaired) electrons. The largest absolute Gasteiger partial charge is 0.131 e. The lowest BCUT2D eigenvalue weighted by molar-refractivity contribution is 0.794. The SMILES string of the molecule is CCCCc1ccc(C(Cl)c2ccc(Br)s2)cc1. The van der Waals surface area contributed by atoms with Crippen molar-refractivity contribution in [2.24, 2.45) is 0 Å². The Kier molecular flexibility index (Phi) is 5.28. The van der Waals surface area contributed by atoms with Gasteiger partial charge in [-0.1, -0.05) is 37.6 Å². The summed E-state index contributed by atoms with van der Waals surface area (Å²) in [6.07, 6.45) is 3.65. The summed E-state index contributed by atoms with van der Waals surface area (Å²) in [4.78, 5) is 1.19. The average molecular weight is 344 g/mol. The van der Waals surface area contributed by atoms with Gasteiger partial charge in [-0.25, -0.2) is 0 Å². The minimum absolute atomic E-state index is 0.0403. The van der Waals surface area contributed by atoms with Crippen LogP contribution in [0, 0.1) is 0 Å². The van der Waals surface area contributed by atoms with Crippen molar-refractivity contribution in [1.82, 2.24) is 0 Å². The molecule has 1 aromatic heterocycles. The molecule has 0 aliphatic carbocycles. The Labute approximate surface area is 126 Å². The van der Waals surface area contributed by atoms with E-state index < -0.39 is 0 Å². The Morgan fingerprint density at radius 2 is 1.89 bits per heavy atom. The molecule has 0 spiro atoms. The first-order valence-corrected chi connectivity index (χ1v) is 8.23. The predicted octanol–water partition coefficient (Wildman–Crippen LogP) is 6.18. The van der Waals surface area contributed by atoms with Crippen molar-refractivity contribution in [1.29, 1.82) is 0 Å². The van der Waals surface area contributed by atoms with Crippen LogP contribution in [0.4, 0.5) is 0 Å². The summed E-state index contributed by atoms with van der Waals surface area (Å²) < 4.78 is 1.13. The molecule has 1 atom stereocenters. The van der Waals surface area contributed by atoms with Gasteiger partial charge in [-0.15, -0.1) is 22.9 Å². The third-order valence-electron chi connectivity index (χ3n) is 2.94. The predicted molar refractivity (Wildman–Crippen MR) is 84.8 cm³/mol. The Morgan fingerprint density at radius 1 is 1.17 bits per heavy atom. The van der Waals surface area contributed by atoms with Gasteiger partial charge < -0.3 is 0 Å². The van der Waals surface area contributed by atoms with E-state index in [1.54, 1.807) is 11.3 Å². The molecule has 0 saturated heterocycles. The molecule has 0 nitrogen and oxygen atoms in total. The molecule has 2 aromatic rings. The fraction of sp³-hybridized carbons (Fsp3) is 0.333. The fourth-order valence-electron chi connectivity index (χ4n) is 1.86. The van der Waals surface area contributed by atoms with Crippen molar-refractivity contribution < 1.29 is 0 Å². The molecule has 0 bridgehead atoms. The molecule has 0 saturated carbocycles. The second-order valence-corrected chi connectivity index (χ2v) is 7.28. The zero-order chi connectivity index (χ0) is 13.0. The summed E-state index contributed by atoms with van der Waals surface area (Å²) in [5, 5.41) is -0.0403. The van der Waals surface area contributed by atoms with Gasteiger partial charge in [0, 0.05) is 4.88 Å². The van der Waals surface area contributed by atoms with E-state index in [4.69, 9.17) is 11.6 Å². The van der Waals surface area contributed by atoms with E-state index in [-0.39, 0.29) is 5.38 Å². The maximum Gasteiger partial charge on any atom is 0.0928 e. The lowest BCUT2D eigenvalue weighted by Gasteiger charge is -2.08. The van der Waals surface area contributed by atoms with E-state index in [2.05, 4.69) is 53.2 Å². The Hall–Kier alpha value is -0.310. The molecule has 2 rings (SSSR count). The van der Waals surface area contributed by atoms with Gasteiger partial charge in [0.15, 0.2) is 0 Å². The molecule has 18 heavy (non-hydrogen) atoms. The molecule has 0 aliphatic rings. The minimum atomic E-state index is -0.0403. The molecular weight excluding hydrogens is 328 g/mol. The second-order valence-electron chi connectivity index (χ2n) is 4.35. The van der Waals surface area contributed by atoms with Crippen LogP contribution < -0.4 is 0 Å². The van der Waals surface area contributed by atoms with Crippen LogP contribution in [-0.4, -0.2) is 0 Å². The van der Waals surface area contributed by atoms with Crippen molar-refractivity contribution in [3.05, 3.63) is 56.2 Å². The summed E-state index contributed by atoms with van der Waals surface area (Å²) in [7, 11) is 0. The van der Waals surface area contributed by atoms with Crippen LogP contribution in [0.3, 0.4) is 0 Å². The van der Waals surface area contributed by atoms with Gasteiger partial charge in [-0.3, -0.25) is 0 Å². The number of hydrogen-bond donors (Lipinski definition) is 0. The molecule has 1 aromatic carbocycles. The monoisotopic (exact) mass is 342 g/mol. The minimum Gasteiger partial charge on any atom is -0.131 e. The molecule has 0 aliphatic heterocycles. The third kappa shape index (κ3) is 3.59. The number of thiophene rings is 1. The van der Waals surface area contributed by atoms with Crippen molar-refractivity contribution in [3.8, 4) is 0 Å². The average Bonchev–Trinajstić information content (AvgIpc) is 2.83. The van der Waals surface area contributed by atoms with Crippen LogP contribution in [0.2, 0.25) is 0 Å². The third-order valence-corrected chi connectivity index (χ3v) is 5.24. The first kappa shape index (κ1) is 14.1. The number of hydrogen-bond acceptors (Lipinski definition) is 1. The van der Waals surface area contributed by atoms with Crippen LogP contribution in [-0.2, 0) is 6.42 Å². The van der Waals surface area contributed by atoms with E-state index in [1.165, 1.54) is 28.8 Å². The highest BCUT2D eigenvalue weighted by molar-refractivity contribution is 9.11. The summed E-state index contributed by atoms with van der Waals surface area (Å²) in [6, 6.07) is 12.8. The van der Waals surface area contributed by atoms with Gasteiger partial charge in [0.2, 0.25) is 0 Å². The number of halogens is 2. The standard InChI is InChI=1S/C15H16BrClS/c1-2-3-4-11-5-7-12(8-6-11)15(17)13-9-10-14(16)18-13/h5-10,15H,2-4H2,1H3. The molecule has 96 valence electrons. The molecule has 1 heterocycles. The Morgan fingerprint density at radius 3 is 2.44 bits per heavy atom. The number of aryl methyl sites for hydroxylation is 1. The number of alkyl halides is 1. The summed E-state index contributed by atoms with van der Waals surface area (Å²) in [5.74, 6) is 0. The van der Waals surface area contributed by atoms with Gasteiger partial charge in [0.25, 0.3) is 0 Å². The van der Waals surface area contributed by atoms with Crippen molar-refractivity contribution in [3.63, 3.8) is 0 Å². The maximum absolute atomic E-state index is 6.49. The van der Waals surface area contributed by atoms with Crippen LogP contribution in [0.25, 0.3) is 0 Å². The highest BCUT2D eigenvalue weighted by atomic mass is 79.9. The first-order chi connectivity index (χ1) is 8.70. The summed E-state index contributed by atoms with van der Waals surface area (Å²) in [5.41, 5.74) is 2.57. The normalized spacial score (nSPS) is 12.6. The topological polar surface area (TPSA) is 0 Å². The summed E-state index contributed by atoms with van der Waals surface area (Å²) >= 11 is 11.7. The first-order valence-electron chi connectivity index (χ1n) is 6.19. The van der Waals surface area contributed by atoms with E-state index >= 15 is 0 Å². The Balaban J connectivity index is 2.09. The molecule has 0 N–H and O–H groups in total. The van der Waals surface area contributed by atoms with Crippen LogP contribution in [0.1, 0.15) is 41.1 Å². The number of benzene rings is 1. The molecular formula is C15H16BrClS. The van der Waals surface area contributed by atoms with Gasteiger partial charge in [-0.2, -0.15) is 0 Å².